The molecule has 1 heterocycles. The topological polar surface area (TPSA) is 28.7 Å². The van der Waals surface area contributed by atoms with Crippen LogP contribution >= 0.6 is 0 Å². The largest absolute Gasteiger partial charge is 0.345 e. The van der Waals surface area contributed by atoms with Gasteiger partial charge < -0.3 is 4.98 Å². The highest BCUT2D eigenvalue weighted by Gasteiger charge is 2.21. The van der Waals surface area contributed by atoms with Crippen LogP contribution in [0.4, 0.5) is 0 Å². The van der Waals surface area contributed by atoms with Crippen molar-refractivity contribution in [2.75, 3.05) is 0 Å². The summed E-state index contributed by atoms with van der Waals surface area (Å²) < 4.78 is 0. The van der Waals surface area contributed by atoms with Gasteiger partial charge in [-0.2, -0.15) is 0 Å². The quantitative estimate of drug-likeness (QED) is 0.704. The standard InChI is InChI=1S/C11H12N2/c1-3-8(4-1)9-5-2-6-10-11(9)13-7-12-10/h2,5-8H,1,3-4H2,(H,12,13). The van der Waals surface area contributed by atoms with Crippen LogP contribution in [0.5, 0.6) is 0 Å². The zero-order valence-corrected chi connectivity index (χ0v) is 7.46. The van der Waals surface area contributed by atoms with E-state index in [1.807, 2.05) is 0 Å². The van der Waals surface area contributed by atoms with Gasteiger partial charge in [0.1, 0.15) is 0 Å². The highest BCUT2D eigenvalue weighted by Crippen LogP contribution is 2.38. The van der Waals surface area contributed by atoms with Crippen LogP contribution in [-0.2, 0) is 0 Å². The van der Waals surface area contributed by atoms with Gasteiger partial charge in [0, 0.05) is 0 Å². The van der Waals surface area contributed by atoms with Crippen molar-refractivity contribution in [3.63, 3.8) is 0 Å². The third-order valence-electron chi connectivity index (χ3n) is 3.03. The minimum atomic E-state index is 0.770. The Morgan fingerprint density at radius 2 is 2.23 bits per heavy atom. The van der Waals surface area contributed by atoms with Gasteiger partial charge in [0.05, 0.1) is 17.4 Å². The molecule has 0 atom stereocenters. The molecule has 2 nitrogen and oxygen atoms in total. The van der Waals surface area contributed by atoms with Crippen molar-refractivity contribution in [1.29, 1.82) is 0 Å². The normalized spacial score (nSPS) is 17.5. The maximum Gasteiger partial charge on any atom is 0.0931 e. The highest BCUT2D eigenvalue weighted by molar-refractivity contribution is 5.78. The monoisotopic (exact) mass is 172 g/mol. The maximum absolute atomic E-state index is 4.37. The van der Waals surface area contributed by atoms with Crippen LogP contribution in [0.15, 0.2) is 24.5 Å². The Hall–Kier alpha value is -1.31. The van der Waals surface area contributed by atoms with E-state index in [0.717, 1.165) is 5.92 Å². The molecule has 1 aliphatic carbocycles. The number of hydrogen-bond donors (Lipinski definition) is 1. The minimum absolute atomic E-state index is 0.770. The number of fused-ring (bicyclic) bond motifs is 1. The SMILES string of the molecule is c1cc(C2CCC2)c2nc[nH]c2c1. The molecule has 2 heteroatoms. The number of nitrogens with zero attached hydrogens (tertiary/aromatic N) is 1. The Morgan fingerprint density at radius 3 is 3.00 bits per heavy atom. The summed E-state index contributed by atoms with van der Waals surface area (Å²) in [5.74, 6) is 0.770. The van der Waals surface area contributed by atoms with Gasteiger partial charge in [0.2, 0.25) is 0 Å². The van der Waals surface area contributed by atoms with Crippen LogP contribution < -0.4 is 0 Å². The Kier molecular flexibility index (Phi) is 1.42. The second kappa shape index (κ2) is 2.59. The third kappa shape index (κ3) is 0.981. The Morgan fingerprint density at radius 1 is 1.31 bits per heavy atom. The van der Waals surface area contributed by atoms with E-state index in [9.17, 15) is 0 Å². The van der Waals surface area contributed by atoms with Crippen LogP contribution in [0.25, 0.3) is 11.0 Å². The Balaban J connectivity index is 2.20. The number of aromatic amines is 1. The molecule has 3 rings (SSSR count). The third-order valence-corrected chi connectivity index (χ3v) is 3.03. The lowest BCUT2D eigenvalue weighted by Gasteiger charge is -2.25. The number of rotatable bonds is 1. The second-order valence-corrected chi connectivity index (χ2v) is 3.77. The van der Waals surface area contributed by atoms with Crippen molar-refractivity contribution in [2.45, 2.75) is 25.2 Å². The zero-order valence-electron chi connectivity index (χ0n) is 7.46. The summed E-state index contributed by atoms with van der Waals surface area (Å²) in [5, 5.41) is 0. The molecule has 0 amide bonds. The van der Waals surface area contributed by atoms with E-state index in [1.54, 1.807) is 6.33 Å². The molecule has 13 heavy (non-hydrogen) atoms. The highest BCUT2D eigenvalue weighted by atomic mass is 14.9. The van der Waals surface area contributed by atoms with E-state index in [0.29, 0.717) is 0 Å². The maximum atomic E-state index is 4.37. The molecule has 1 aromatic carbocycles. The zero-order chi connectivity index (χ0) is 8.67. The van der Waals surface area contributed by atoms with Crippen LogP contribution in [0, 0.1) is 0 Å². The molecule has 1 saturated carbocycles. The number of aromatic nitrogens is 2. The average Bonchev–Trinajstić information content (AvgIpc) is 2.49. The fourth-order valence-corrected chi connectivity index (χ4v) is 2.04. The molecule has 1 aliphatic rings. The first kappa shape index (κ1) is 7.13. The first-order valence-corrected chi connectivity index (χ1v) is 4.87. The van der Waals surface area contributed by atoms with Crippen molar-refractivity contribution >= 4 is 11.0 Å². The molecular weight excluding hydrogens is 160 g/mol. The summed E-state index contributed by atoms with van der Waals surface area (Å²) in [6.07, 6.45) is 5.84. The minimum Gasteiger partial charge on any atom is -0.345 e. The van der Waals surface area contributed by atoms with Crippen molar-refractivity contribution in [2.24, 2.45) is 0 Å². The summed E-state index contributed by atoms with van der Waals surface area (Å²) in [4.78, 5) is 7.52. The predicted octanol–water partition coefficient (Wildman–Crippen LogP) is 2.83. The number of hydrogen-bond acceptors (Lipinski definition) is 1. The van der Waals surface area contributed by atoms with Gasteiger partial charge in [0.25, 0.3) is 0 Å². The molecule has 0 radical (unpaired) electrons. The number of para-hydroxylation sites is 1. The first-order valence-electron chi connectivity index (χ1n) is 4.87. The fraction of sp³-hybridized carbons (Fsp3) is 0.364. The number of benzene rings is 1. The summed E-state index contributed by atoms with van der Waals surface area (Å²) in [6, 6.07) is 6.42. The van der Waals surface area contributed by atoms with Gasteiger partial charge in [-0.15, -0.1) is 0 Å². The van der Waals surface area contributed by atoms with E-state index in [-0.39, 0.29) is 0 Å². The second-order valence-electron chi connectivity index (χ2n) is 3.77. The Bertz CT molecular complexity index is 426. The van der Waals surface area contributed by atoms with E-state index >= 15 is 0 Å². The molecule has 0 unspecified atom stereocenters. The van der Waals surface area contributed by atoms with Crippen molar-refractivity contribution in [3.05, 3.63) is 30.1 Å². The van der Waals surface area contributed by atoms with E-state index in [1.165, 1.54) is 35.9 Å². The number of nitrogens with one attached hydrogen (secondary N) is 1. The van der Waals surface area contributed by atoms with Gasteiger partial charge in [-0.1, -0.05) is 18.6 Å². The van der Waals surface area contributed by atoms with Gasteiger partial charge in [-0.25, -0.2) is 4.98 Å². The lowest BCUT2D eigenvalue weighted by Crippen LogP contribution is -2.08. The summed E-state index contributed by atoms with van der Waals surface area (Å²) in [7, 11) is 0. The lowest BCUT2D eigenvalue weighted by atomic mass is 9.79. The van der Waals surface area contributed by atoms with Crippen LogP contribution in [0.2, 0.25) is 0 Å². The number of H-pyrrole nitrogens is 1. The summed E-state index contributed by atoms with van der Waals surface area (Å²) >= 11 is 0. The fourth-order valence-electron chi connectivity index (χ4n) is 2.04. The van der Waals surface area contributed by atoms with Gasteiger partial charge in [-0.3, -0.25) is 0 Å². The molecule has 2 aromatic rings. The van der Waals surface area contributed by atoms with Gasteiger partial charge in [-0.05, 0) is 30.4 Å². The van der Waals surface area contributed by atoms with Gasteiger partial charge in [0.15, 0.2) is 0 Å². The van der Waals surface area contributed by atoms with E-state index in [2.05, 4.69) is 28.2 Å². The van der Waals surface area contributed by atoms with Crippen LogP contribution in [0.3, 0.4) is 0 Å². The summed E-state index contributed by atoms with van der Waals surface area (Å²) in [6.45, 7) is 0. The predicted molar refractivity (Wildman–Crippen MR) is 52.7 cm³/mol. The van der Waals surface area contributed by atoms with Crippen LogP contribution in [-0.4, -0.2) is 9.97 Å². The lowest BCUT2D eigenvalue weighted by molar-refractivity contribution is 0.422. The van der Waals surface area contributed by atoms with Crippen molar-refractivity contribution in [3.8, 4) is 0 Å². The van der Waals surface area contributed by atoms with E-state index in [4.69, 9.17) is 0 Å². The molecule has 0 bridgehead atoms. The van der Waals surface area contributed by atoms with Gasteiger partial charge >= 0.3 is 0 Å². The molecule has 1 N–H and O–H groups in total. The summed E-state index contributed by atoms with van der Waals surface area (Å²) in [5.41, 5.74) is 3.78. The molecule has 0 saturated heterocycles. The number of imidazole rings is 1. The molecule has 66 valence electrons. The molecular formula is C11H12N2. The van der Waals surface area contributed by atoms with Crippen molar-refractivity contribution < 1.29 is 0 Å². The van der Waals surface area contributed by atoms with Crippen LogP contribution in [0.1, 0.15) is 30.7 Å². The molecule has 0 aliphatic heterocycles. The average molecular weight is 172 g/mol. The molecule has 1 fully saturated rings. The van der Waals surface area contributed by atoms with E-state index < -0.39 is 0 Å². The molecule has 0 spiro atoms. The smallest absolute Gasteiger partial charge is 0.0931 e. The first-order chi connectivity index (χ1) is 6.45. The van der Waals surface area contributed by atoms with Crippen molar-refractivity contribution in [1.82, 2.24) is 9.97 Å². The molecule has 1 aromatic heterocycles. The Labute approximate surface area is 77.0 Å².